The van der Waals surface area contributed by atoms with Gasteiger partial charge in [0.1, 0.15) is 0 Å². The molecule has 0 saturated heterocycles. The van der Waals surface area contributed by atoms with Crippen LogP contribution in [0.5, 0.6) is 0 Å². The van der Waals surface area contributed by atoms with E-state index in [1.807, 2.05) is 32.0 Å². The smallest absolute Gasteiger partial charge is 0.243 e. The Morgan fingerprint density at radius 3 is 2.45 bits per heavy atom. The van der Waals surface area contributed by atoms with E-state index in [2.05, 4.69) is 4.98 Å². The monoisotopic (exact) mass is 290 g/mol. The van der Waals surface area contributed by atoms with Crippen LogP contribution in [0.3, 0.4) is 0 Å². The highest BCUT2D eigenvalue weighted by molar-refractivity contribution is 7.89. The van der Waals surface area contributed by atoms with Crippen molar-refractivity contribution in [2.75, 3.05) is 7.05 Å². The van der Waals surface area contributed by atoms with Crippen LogP contribution in [0.4, 0.5) is 0 Å². The second kappa shape index (κ2) is 5.73. The van der Waals surface area contributed by atoms with E-state index in [1.165, 1.54) is 4.31 Å². The van der Waals surface area contributed by atoms with Gasteiger partial charge in [0.15, 0.2) is 0 Å². The summed E-state index contributed by atoms with van der Waals surface area (Å²) in [5, 5.41) is 0. The average molecular weight is 290 g/mol. The summed E-state index contributed by atoms with van der Waals surface area (Å²) in [5.41, 5.74) is 2.77. The van der Waals surface area contributed by atoms with Crippen LogP contribution in [0.15, 0.2) is 47.5 Å². The molecule has 0 aliphatic carbocycles. The summed E-state index contributed by atoms with van der Waals surface area (Å²) in [5.74, 6) is 0. The molecule has 106 valence electrons. The summed E-state index contributed by atoms with van der Waals surface area (Å²) in [6, 6.07) is 10.6. The van der Waals surface area contributed by atoms with Gasteiger partial charge in [0.05, 0.1) is 17.1 Å². The van der Waals surface area contributed by atoms with Gasteiger partial charge in [0.2, 0.25) is 10.0 Å². The van der Waals surface area contributed by atoms with Gasteiger partial charge in [-0.1, -0.05) is 12.1 Å². The quantitative estimate of drug-likeness (QED) is 0.869. The maximum atomic E-state index is 12.5. The van der Waals surface area contributed by atoms with Gasteiger partial charge in [0.25, 0.3) is 0 Å². The largest absolute Gasteiger partial charge is 0.260 e. The highest BCUT2D eigenvalue weighted by Gasteiger charge is 2.21. The molecule has 0 amide bonds. The molecular weight excluding hydrogens is 272 g/mol. The third kappa shape index (κ3) is 3.05. The van der Waals surface area contributed by atoms with Gasteiger partial charge in [-0.15, -0.1) is 0 Å². The number of rotatable bonds is 4. The average Bonchev–Trinajstić information content (AvgIpc) is 2.42. The zero-order valence-corrected chi connectivity index (χ0v) is 12.7. The summed E-state index contributed by atoms with van der Waals surface area (Å²) >= 11 is 0. The lowest BCUT2D eigenvalue weighted by Gasteiger charge is -2.17. The lowest BCUT2D eigenvalue weighted by atomic mass is 10.1. The molecule has 2 rings (SSSR count). The fraction of sp³-hybridized carbons (Fsp3) is 0.267. The van der Waals surface area contributed by atoms with Gasteiger partial charge in [-0.3, -0.25) is 4.98 Å². The van der Waals surface area contributed by atoms with Crippen LogP contribution in [0.2, 0.25) is 0 Å². The van der Waals surface area contributed by atoms with Crippen molar-refractivity contribution in [1.82, 2.24) is 9.29 Å². The molecule has 4 nitrogen and oxygen atoms in total. The van der Waals surface area contributed by atoms with E-state index in [0.29, 0.717) is 4.90 Å². The number of hydrogen-bond acceptors (Lipinski definition) is 3. The molecule has 0 fully saturated rings. The van der Waals surface area contributed by atoms with Crippen molar-refractivity contribution in [3.05, 3.63) is 59.4 Å². The van der Waals surface area contributed by atoms with Crippen LogP contribution >= 0.6 is 0 Å². The molecule has 1 aromatic heterocycles. The molecule has 0 unspecified atom stereocenters. The summed E-state index contributed by atoms with van der Waals surface area (Å²) < 4.78 is 26.3. The predicted molar refractivity (Wildman–Crippen MR) is 78.8 cm³/mol. The standard InChI is InChI=1S/C15H18N2O2S/c1-12-7-8-15(10-13(12)2)20(18,19)17(3)11-14-6-4-5-9-16-14/h4-10H,11H2,1-3H3. The van der Waals surface area contributed by atoms with Crippen LogP contribution in [0.25, 0.3) is 0 Å². The molecule has 0 bridgehead atoms. The van der Waals surface area contributed by atoms with Crippen molar-refractivity contribution in [2.45, 2.75) is 25.3 Å². The van der Waals surface area contributed by atoms with Crippen molar-refractivity contribution in [2.24, 2.45) is 0 Å². The molecule has 0 aliphatic rings. The van der Waals surface area contributed by atoms with Gasteiger partial charge >= 0.3 is 0 Å². The van der Waals surface area contributed by atoms with Crippen LogP contribution < -0.4 is 0 Å². The first kappa shape index (κ1) is 14.7. The topological polar surface area (TPSA) is 50.3 Å². The number of aryl methyl sites for hydroxylation is 2. The van der Waals surface area contributed by atoms with E-state index in [1.54, 1.807) is 31.4 Å². The van der Waals surface area contributed by atoms with Crippen LogP contribution in [-0.2, 0) is 16.6 Å². The van der Waals surface area contributed by atoms with Crippen molar-refractivity contribution >= 4 is 10.0 Å². The number of nitrogens with zero attached hydrogens (tertiary/aromatic N) is 2. The van der Waals surface area contributed by atoms with E-state index in [4.69, 9.17) is 0 Å². The van der Waals surface area contributed by atoms with Crippen molar-refractivity contribution in [1.29, 1.82) is 0 Å². The molecule has 2 aromatic rings. The van der Waals surface area contributed by atoms with E-state index in [9.17, 15) is 8.42 Å². The van der Waals surface area contributed by atoms with E-state index in [0.717, 1.165) is 16.8 Å². The van der Waals surface area contributed by atoms with Crippen LogP contribution in [-0.4, -0.2) is 24.8 Å². The summed E-state index contributed by atoms with van der Waals surface area (Å²) in [6.45, 7) is 4.13. The first-order valence-corrected chi connectivity index (χ1v) is 7.79. The normalized spacial score (nSPS) is 11.8. The Kier molecular flexibility index (Phi) is 4.20. The minimum absolute atomic E-state index is 0.260. The molecule has 0 aliphatic heterocycles. The third-order valence-corrected chi connectivity index (χ3v) is 5.10. The third-order valence-electron chi connectivity index (χ3n) is 3.30. The highest BCUT2D eigenvalue weighted by atomic mass is 32.2. The Morgan fingerprint density at radius 2 is 1.85 bits per heavy atom. The van der Waals surface area contributed by atoms with Gasteiger partial charge < -0.3 is 0 Å². The summed E-state index contributed by atoms with van der Waals surface area (Å²) in [4.78, 5) is 4.47. The lowest BCUT2D eigenvalue weighted by molar-refractivity contribution is 0.462. The Hall–Kier alpha value is -1.72. The predicted octanol–water partition coefficient (Wildman–Crippen LogP) is 2.52. The number of benzene rings is 1. The molecule has 5 heteroatoms. The van der Waals surface area contributed by atoms with Gasteiger partial charge in [-0.25, -0.2) is 8.42 Å². The maximum absolute atomic E-state index is 12.5. The highest BCUT2D eigenvalue weighted by Crippen LogP contribution is 2.19. The summed E-state index contributed by atoms with van der Waals surface area (Å²) in [6.07, 6.45) is 1.66. The lowest BCUT2D eigenvalue weighted by Crippen LogP contribution is -2.27. The molecule has 0 atom stereocenters. The van der Waals surface area contributed by atoms with E-state index >= 15 is 0 Å². The van der Waals surface area contributed by atoms with Gasteiger partial charge in [-0.05, 0) is 49.2 Å². The van der Waals surface area contributed by atoms with Crippen molar-refractivity contribution in [3.63, 3.8) is 0 Å². The fourth-order valence-electron chi connectivity index (χ4n) is 1.86. The van der Waals surface area contributed by atoms with Gasteiger partial charge in [0, 0.05) is 13.2 Å². The minimum Gasteiger partial charge on any atom is -0.260 e. The second-order valence-electron chi connectivity index (χ2n) is 4.83. The first-order valence-electron chi connectivity index (χ1n) is 6.35. The number of pyridine rings is 1. The maximum Gasteiger partial charge on any atom is 0.243 e. The Morgan fingerprint density at radius 1 is 1.10 bits per heavy atom. The van der Waals surface area contributed by atoms with Gasteiger partial charge in [-0.2, -0.15) is 4.31 Å². The number of sulfonamides is 1. The Balaban J connectivity index is 2.27. The molecule has 0 N–H and O–H groups in total. The first-order chi connectivity index (χ1) is 9.41. The number of hydrogen-bond donors (Lipinski definition) is 0. The SMILES string of the molecule is Cc1ccc(S(=O)(=O)N(C)Cc2ccccn2)cc1C. The van der Waals surface area contributed by atoms with Crippen LogP contribution in [0.1, 0.15) is 16.8 Å². The Bertz CT molecular complexity index is 697. The van der Waals surface area contributed by atoms with E-state index in [-0.39, 0.29) is 6.54 Å². The van der Waals surface area contributed by atoms with Crippen molar-refractivity contribution < 1.29 is 8.42 Å². The molecule has 1 aromatic carbocycles. The van der Waals surface area contributed by atoms with Crippen molar-refractivity contribution in [3.8, 4) is 0 Å². The number of aromatic nitrogens is 1. The molecule has 0 radical (unpaired) electrons. The molecular formula is C15H18N2O2S. The molecule has 1 heterocycles. The minimum atomic E-state index is -3.48. The van der Waals surface area contributed by atoms with Crippen LogP contribution in [0, 0.1) is 13.8 Å². The summed E-state index contributed by atoms with van der Waals surface area (Å²) in [7, 11) is -1.91. The Labute approximate surface area is 120 Å². The molecule has 0 saturated carbocycles. The molecule has 20 heavy (non-hydrogen) atoms. The van der Waals surface area contributed by atoms with E-state index < -0.39 is 10.0 Å². The zero-order valence-electron chi connectivity index (χ0n) is 11.9. The zero-order chi connectivity index (χ0) is 14.8. The second-order valence-corrected chi connectivity index (χ2v) is 6.87. The molecule has 0 spiro atoms. The fourth-order valence-corrected chi connectivity index (χ4v) is 3.09.